The number of pyridine rings is 1. The summed E-state index contributed by atoms with van der Waals surface area (Å²) >= 11 is 0. The third-order valence-corrected chi connectivity index (χ3v) is 3.60. The largest absolute Gasteiger partial charge is 0.368 e. The number of rotatable bonds is 2. The Morgan fingerprint density at radius 1 is 1.32 bits per heavy atom. The lowest BCUT2D eigenvalue weighted by Crippen LogP contribution is -2.48. The molecule has 2 N–H and O–H groups in total. The van der Waals surface area contributed by atoms with Gasteiger partial charge in [-0.1, -0.05) is 18.2 Å². The van der Waals surface area contributed by atoms with Gasteiger partial charge in [-0.25, -0.2) is 0 Å². The van der Waals surface area contributed by atoms with Gasteiger partial charge in [0.2, 0.25) is 5.91 Å². The molecule has 2 aromatic rings. The second kappa shape index (κ2) is 4.88. The van der Waals surface area contributed by atoms with Gasteiger partial charge in [0.1, 0.15) is 6.04 Å². The van der Waals surface area contributed by atoms with E-state index in [1.54, 1.807) is 6.20 Å². The highest BCUT2D eigenvalue weighted by Crippen LogP contribution is 2.30. The molecule has 4 heteroatoms. The summed E-state index contributed by atoms with van der Waals surface area (Å²) in [5, 5.41) is 1.07. The lowest BCUT2D eigenvalue weighted by molar-refractivity contribution is -0.119. The highest BCUT2D eigenvalue weighted by atomic mass is 16.1. The summed E-state index contributed by atoms with van der Waals surface area (Å²) in [6.07, 6.45) is 5.61. The van der Waals surface area contributed by atoms with Gasteiger partial charge in [0, 0.05) is 23.8 Å². The number of hydrogen-bond acceptors (Lipinski definition) is 3. The van der Waals surface area contributed by atoms with Gasteiger partial charge >= 0.3 is 0 Å². The molecule has 1 aliphatic rings. The number of benzene rings is 1. The molecule has 97 valence electrons. The molecule has 2 heterocycles. The maximum Gasteiger partial charge on any atom is 0.240 e. The van der Waals surface area contributed by atoms with Crippen molar-refractivity contribution in [3.05, 3.63) is 42.9 Å². The number of carbonyl (C=O) groups excluding carboxylic acids is 1. The van der Waals surface area contributed by atoms with E-state index in [4.69, 9.17) is 5.73 Å². The molecule has 19 heavy (non-hydrogen) atoms. The molecule has 0 spiro atoms. The average Bonchev–Trinajstić information content (AvgIpc) is 2.46. The fourth-order valence-corrected chi connectivity index (χ4v) is 2.68. The average molecular weight is 254 g/mol. The first-order valence-corrected chi connectivity index (χ1v) is 6.49. The maximum atomic E-state index is 11.6. The first kappa shape index (κ1) is 12.0. The Labute approximate surface area is 112 Å². The fourth-order valence-electron chi connectivity index (χ4n) is 2.68. The minimum Gasteiger partial charge on any atom is -0.368 e. The zero-order chi connectivity index (χ0) is 13.2. The van der Waals surface area contributed by atoms with Crippen molar-refractivity contribution in [2.45, 2.75) is 18.9 Å². The van der Waals surface area contributed by atoms with Crippen LogP contribution >= 0.6 is 0 Å². The third kappa shape index (κ3) is 2.14. The number of fused-ring (bicyclic) bond motifs is 1. The van der Waals surface area contributed by atoms with Gasteiger partial charge in [-0.3, -0.25) is 9.78 Å². The van der Waals surface area contributed by atoms with Crippen LogP contribution in [0.2, 0.25) is 0 Å². The minimum absolute atomic E-state index is 0.250. The molecule has 1 atom stereocenters. The topological polar surface area (TPSA) is 59.2 Å². The number of piperidine rings is 1. The predicted molar refractivity (Wildman–Crippen MR) is 75.6 cm³/mol. The quantitative estimate of drug-likeness (QED) is 0.890. The Kier molecular flexibility index (Phi) is 3.07. The van der Waals surface area contributed by atoms with Crippen molar-refractivity contribution < 1.29 is 4.79 Å². The Hall–Kier alpha value is -2.10. The molecule has 1 fully saturated rings. The number of primary amides is 1. The van der Waals surface area contributed by atoms with E-state index >= 15 is 0 Å². The number of nitrogens with zero attached hydrogens (tertiary/aromatic N) is 2. The van der Waals surface area contributed by atoms with Crippen LogP contribution in [0.25, 0.3) is 10.9 Å². The molecule has 1 saturated heterocycles. The summed E-state index contributed by atoms with van der Waals surface area (Å²) in [6.45, 7) is 0.821. The summed E-state index contributed by atoms with van der Waals surface area (Å²) < 4.78 is 0. The molecule has 3 rings (SSSR count). The Balaban J connectivity index is 2.09. The Morgan fingerprint density at radius 3 is 3.00 bits per heavy atom. The van der Waals surface area contributed by atoms with Gasteiger partial charge in [-0.05, 0) is 31.4 Å². The van der Waals surface area contributed by atoms with Gasteiger partial charge in [0.15, 0.2) is 0 Å². The van der Waals surface area contributed by atoms with Gasteiger partial charge in [-0.2, -0.15) is 0 Å². The van der Waals surface area contributed by atoms with Crippen LogP contribution in [0.1, 0.15) is 12.8 Å². The molecule has 1 radical (unpaired) electrons. The van der Waals surface area contributed by atoms with Gasteiger partial charge in [0.05, 0.1) is 5.52 Å². The smallest absolute Gasteiger partial charge is 0.240 e. The van der Waals surface area contributed by atoms with Crippen LogP contribution in [0.5, 0.6) is 0 Å². The monoisotopic (exact) mass is 254 g/mol. The van der Waals surface area contributed by atoms with Crippen LogP contribution in [-0.2, 0) is 4.79 Å². The SMILES string of the molecule is NC(=O)C1C[CH]CCN1c1ccnc2ccccc12. The van der Waals surface area contributed by atoms with E-state index < -0.39 is 0 Å². The summed E-state index contributed by atoms with van der Waals surface area (Å²) in [7, 11) is 0. The highest BCUT2D eigenvalue weighted by molar-refractivity contribution is 5.94. The predicted octanol–water partition coefficient (Wildman–Crippen LogP) is 1.89. The second-order valence-corrected chi connectivity index (χ2v) is 4.77. The van der Waals surface area contributed by atoms with E-state index in [2.05, 4.69) is 16.3 Å². The number of nitrogens with two attached hydrogens (primary N) is 1. The lowest BCUT2D eigenvalue weighted by atomic mass is 10.00. The minimum atomic E-state index is -0.267. The van der Waals surface area contributed by atoms with Crippen LogP contribution in [0.15, 0.2) is 36.5 Å². The molecule has 1 unspecified atom stereocenters. The van der Waals surface area contributed by atoms with Crippen molar-refractivity contribution in [3.8, 4) is 0 Å². The number of aromatic nitrogens is 1. The van der Waals surface area contributed by atoms with E-state index in [-0.39, 0.29) is 11.9 Å². The number of hydrogen-bond donors (Lipinski definition) is 1. The van der Waals surface area contributed by atoms with Crippen LogP contribution in [0.3, 0.4) is 0 Å². The number of para-hydroxylation sites is 1. The molecule has 1 amide bonds. The Morgan fingerprint density at radius 2 is 2.16 bits per heavy atom. The third-order valence-electron chi connectivity index (χ3n) is 3.60. The molecule has 1 aromatic heterocycles. The van der Waals surface area contributed by atoms with Crippen molar-refractivity contribution in [1.29, 1.82) is 0 Å². The zero-order valence-electron chi connectivity index (χ0n) is 10.6. The first-order chi connectivity index (χ1) is 9.27. The van der Waals surface area contributed by atoms with Crippen molar-refractivity contribution in [2.75, 3.05) is 11.4 Å². The van der Waals surface area contributed by atoms with E-state index in [1.165, 1.54) is 0 Å². The summed E-state index contributed by atoms with van der Waals surface area (Å²) in [6, 6.07) is 9.68. The number of amides is 1. The zero-order valence-corrected chi connectivity index (χ0v) is 10.6. The van der Waals surface area contributed by atoms with Crippen molar-refractivity contribution in [3.63, 3.8) is 0 Å². The standard InChI is InChI=1S/C15H16N3O/c16-15(19)14-7-3-4-10-18(14)13-8-9-17-12-6-2-1-5-11(12)13/h1-3,5-6,8-9,14H,4,7,10H2,(H2,16,19). The normalized spacial score (nSPS) is 19.6. The van der Waals surface area contributed by atoms with Crippen LogP contribution in [0.4, 0.5) is 5.69 Å². The molecular formula is C15H16N3O. The summed E-state index contributed by atoms with van der Waals surface area (Å²) in [5.41, 5.74) is 7.51. The molecular weight excluding hydrogens is 238 g/mol. The first-order valence-electron chi connectivity index (χ1n) is 6.49. The molecule has 0 aliphatic carbocycles. The van der Waals surface area contributed by atoms with Gasteiger partial charge in [0.25, 0.3) is 0 Å². The highest BCUT2D eigenvalue weighted by Gasteiger charge is 2.28. The van der Waals surface area contributed by atoms with Crippen LogP contribution in [-0.4, -0.2) is 23.5 Å². The summed E-state index contributed by atoms with van der Waals surface area (Å²) in [4.78, 5) is 18.1. The molecule has 0 bridgehead atoms. The van der Waals surface area contributed by atoms with Crippen molar-refractivity contribution in [1.82, 2.24) is 4.98 Å². The lowest BCUT2D eigenvalue weighted by Gasteiger charge is -2.36. The van der Waals surface area contributed by atoms with Crippen LogP contribution < -0.4 is 10.6 Å². The molecule has 4 nitrogen and oxygen atoms in total. The van der Waals surface area contributed by atoms with Gasteiger partial charge in [-0.15, -0.1) is 0 Å². The number of anilines is 1. The van der Waals surface area contributed by atoms with E-state index in [9.17, 15) is 4.79 Å². The van der Waals surface area contributed by atoms with Crippen LogP contribution in [0, 0.1) is 6.42 Å². The second-order valence-electron chi connectivity index (χ2n) is 4.77. The van der Waals surface area contributed by atoms with E-state index in [0.29, 0.717) is 6.42 Å². The van der Waals surface area contributed by atoms with E-state index in [1.807, 2.05) is 30.3 Å². The molecule has 0 saturated carbocycles. The molecule has 1 aromatic carbocycles. The van der Waals surface area contributed by atoms with Crippen molar-refractivity contribution >= 4 is 22.5 Å². The Bertz CT molecular complexity index is 606. The van der Waals surface area contributed by atoms with Crippen molar-refractivity contribution in [2.24, 2.45) is 5.73 Å². The molecule has 1 aliphatic heterocycles. The number of carbonyl (C=O) groups is 1. The van der Waals surface area contributed by atoms with E-state index in [0.717, 1.165) is 29.6 Å². The maximum absolute atomic E-state index is 11.6. The summed E-state index contributed by atoms with van der Waals surface area (Å²) in [5.74, 6) is -0.267. The fraction of sp³-hybridized carbons (Fsp3) is 0.267. The van der Waals surface area contributed by atoms with Gasteiger partial charge < -0.3 is 10.6 Å².